The van der Waals surface area contributed by atoms with Crippen molar-refractivity contribution in [3.05, 3.63) is 34.3 Å². The van der Waals surface area contributed by atoms with Gasteiger partial charge in [-0.2, -0.15) is 0 Å². The van der Waals surface area contributed by atoms with Crippen molar-refractivity contribution in [3.63, 3.8) is 0 Å². The molecule has 0 spiro atoms. The number of fused-ring (bicyclic) bond motifs is 1. The number of anilines is 1. The summed E-state index contributed by atoms with van der Waals surface area (Å²) in [6, 6.07) is 6.76. The van der Waals surface area contributed by atoms with E-state index in [0.29, 0.717) is 0 Å². The number of hydrogen-bond acceptors (Lipinski definition) is 3. The van der Waals surface area contributed by atoms with Gasteiger partial charge in [0.2, 0.25) is 0 Å². The van der Waals surface area contributed by atoms with Gasteiger partial charge < -0.3 is 10.4 Å². The van der Waals surface area contributed by atoms with E-state index in [-0.39, 0.29) is 11.1 Å². The number of aromatic nitrogens is 1. The van der Waals surface area contributed by atoms with Gasteiger partial charge in [0.25, 0.3) is 0 Å². The van der Waals surface area contributed by atoms with Crippen LogP contribution in [-0.2, 0) is 0 Å². The predicted octanol–water partition coefficient (Wildman–Crippen LogP) is 3.91. The number of rotatable bonds is 2. The van der Waals surface area contributed by atoms with E-state index >= 15 is 0 Å². The van der Waals surface area contributed by atoms with Crippen LogP contribution in [0.2, 0.25) is 0 Å². The summed E-state index contributed by atoms with van der Waals surface area (Å²) in [6.45, 7) is 6.17. The van der Waals surface area contributed by atoms with Crippen LogP contribution in [0.5, 0.6) is 0 Å². The summed E-state index contributed by atoms with van der Waals surface area (Å²) >= 11 is 3.47. The molecule has 0 amide bonds. The lowest BCUT2D eigenvalue weighted by Crippen LogP contribution is -2.26. The largest absolute Gasteiger partial charge is 0.478 e. The standard InChI is InChI=1S/C14H15BrN2O2/c1-14(2,3)17-12-7-10(15)9-6-8(13(18)19)4-5-11(9)16-12/h4-7H,1-3H3,(H,16,17)(H,18,19). The first kappa shape index (κ1) is 13.8. The SMILES string of the molecule is CC(C)(C)Nc1cc(Br)c2cc(C(=O)O)ccc2n1. The summed E-state index contributed by atoms with van der Waals surface area (Å²) in [6.07, 6.45) is 0. The molecule has 0 aliphatic carbocycles. The number of hydrogen-bond donors (Lipinski definition) is 2. The molecule has 0 fully saturated rings. The Hall–Kier alpha value is -1.62. The van der Waals surface area contributed by atoms with Gasteiger partial charge in [0.15, 0.2) is 0 Å². The van der Waals surface area contributed by atoms with Crippen molar-refractivity contribution in [1.29, 1.82) is 0 Å². The third kappa shape index (κ3) is 3.23. The third-order valence-electron chi connectivity index (χ3n) is 2.51. The summed E-state index contributed by atoms with van der Waals surface area (Å²) < 4.78 is 0.826. The number of benzene rings is 1. The summed E-state index contributed by atoms with van der Waals surface area (Å²) in [7, 11) is 0. The highest BCUT2D eigenvalue weighted by Gasteiger charge is 2.13. The van der Waals surface area contributed by atoms with Crippen molar-refractivity contribution in [3.8, 4) is 0 Å². The molecule has 1 aromatic heterocycles. The van der Waals surface area contributed by atoms with Gasteiger partial charge in [-0.25, -0.2) is 9.78 Å². The van der Waals surface area contributed by atoms with Crippen LogP contribution in [0.3, 0.4) is 0 Å². The van der Waals surface area contributed by atoms with E-state index in [1.165, 1.54) is 0 Å². The van der Waals surface area contributed by atoms with Gasteiger partial charge in [0, 0.05) is 15.4 Å². The maximum atomic E-state index is 11.0. The second kappa shape index (κ2) is 4.81. The number of carbonyl (C=O) groups is 1. The second-order valence-corrected chi connectivity index (χ2v) is 6.26. The number of pyridine rings is 1. The van der Waals surface area contributed by atoms with Crippen molar-refractivity contribution in [2.45, 2.75) is 26.3 Å². The van der Waals surface area contributed by atoms with Crippen molar-refractivity contribution in [2.24, 2.45) is 0 Å². The van der Waals surface area contributed by atoms with E-state index in [1.54, 1.807) is 18.2 Å². The quantitative estimate of drug-likeness (QED) is 0.880. The zero-order valence-corrected chi connectivity index (χ0v) is 12.6. The van der Waals surface area contributed by atoms with E-state index in [2.05, 4.69) is 47.0 Å². The Morgan fingerprint density at radius 1 is 1.32 bits per heavy atom. The Labute approximate surface area is 120 Å². The van der Waals surface area contributed by atoms with Crippen molar-refractivity contribution < 1.29 is 9.90 Å². The number of carboxylic acid groups (broad SMARTS) is 1. The minimum Gasteiger partial charge on any atom is -0.478 e. The molecule has 1 aromatic carbocycles. The molecule has 19 heavy (non-hydrogen) atoms. The van der Waals surface area contributed by atoms with Crippen molar-refractivity contribution in [2.75, 3.05) is 5.32 Å². The van der Waals surface area contributed by atoms with E-state index < -0.39 is 5.97 Å². The van der Waals surface area contributed by atoms with Crippen LogP contribution in [0.1, 0.15) is 31.1 Å². The maximum absolute atomic E-state index is 11.0. The van der Waals surface area contributed by atoms with E-state index in [9.17, 15) is 4.79 Å². The molecule has 0 unspecified atom stereocenters. The van der Waals surface area contributed by atoms with E-state index in [4.69, 9.17) is 5.11 Å². The van der Waals surface area contributed by atoms with Gasteiger partial charge >= 0.3 is 5.97 Å². The molecule has 0 aliphatic heterocycles. The maximum Gasteiger partial charge on any atom is 0.335 e. The third-order valence-corrected chi connectivity index (χ3v) is 3.16. The average molecular weight is 323 g/mol. The Kier molecular flexibility index (Phi) is 3.49. The molecule has 4 nitrogen and oxygen atoms in total. The first-order valence-electron chi connectivity index (χ1n) is 5.88. The minimum atomic E-state index is -0.939. The Morgan fingerprint density at radius 2 is 2.00 bits per heavy atom. The molecule has 0 saturated heterocycles. The fraction of sp³-hybridized carbons (Fsp3) is 0.286. The van der Waals surface area contributed by atoms with Gasteiger partial charge in [0.05, 0.1) is 11.1 Å². The Bertz CT molecular complexity index is 648. The number of nitrogens with one attached hydrogen (secondary N) is 1. The zero-order valence-electron chi connectivity index (χ0n) is 11.0. The van der Waals surface area contributed by atoms with Crippen LogP contribution in [0.25, 0.3) is 10.9 Å². The van der Waals surface area contributed by atoms with Gasteiger partial charge in [-0.3, -0.25) is 0 Å². The van der Waals surface area contributed by atoms with Crippen LogP contribution < -0.4 is 5.32 Å². The molecule has 100 valence electrons. The van der Waals surface area contributed by atoms with Crippen LogP contribution >= 0.6 is 15.9 Å². The number of halogens is 1. The van der Waals surface area contributed by atoms with Crippen molar-refractivity contribution >= 4 is 38.6 Å². The normalized spacial score (nSPS) is 11.6. The van der Waals surface area contributed by atoms with Crippen LogP contribution in [0, 0.1) is 0 Å². The molecule has 0 saturated carbocycles. The topological polar surface area (TPSA) is 62.2 Å². The smallest absolute Gasteiger partial charge is 0.335 e. The number of aromatic carboxylic acids is 1. The van der Waals surface area contributed by atoms with Gasteiger partial charge in [-0.1, -0.05) is 0 Å². The molecule has 0 bridgehead atoms. The van der Waals surface area contributed by atoms with Crippen LogP contribution in [0.4, 0.5) is 5.82 Å². The number of carboxylic acids is 1. The highest BCUT2D eigenvalue weighted by Crippen LogP contribution is 2.27. The molecule has 2 rings (SSSR count). The summed E-state index contributed by atoms with van der Waals surface area (Å²) in [5, 5.41) is 13.1. The molecule has 1 heterocycles. The van der Waals surface area contributed by atoms with E-state index in [0.717, 1.165) is 21.2 Å². The first-order valence-corrected chi connectivity index (χ1v) is 6.67. The first-order chi connectivity index (χ1) is 8.76. The number of nitrogens with zero attached hydrogens (tertiary/aromatic N) is 1. The molecular weight excluding hydrogens is 308 g/mol. The highest BCUT2D eigenvalue weighted by molar-refractivity contribution is 9.10. The summed E-state index contributed by atoms with van der Waals surface area (Å²) in [4.78, 5) is 15.5. The fourth-order valence-corrected chi connectivity index (χ4v) is 2.30. The van der Waals surface area contributed by atoms with Crippen molar-refractivity contribution in [1.82, 2.24) is 4.98 Å². The summed E-state index contributed by atoms with van der Waals surface area (Å²) in [5.74, 6) is -0.180. The van der Waals surface area contributed by atoms with Gasteiger partial charge in [0.1, 0.15) is 5.82 Å². The predicted molar refractivity (Wildman–Crippen MR) is 79.8 cm³/mol. The van der Waals surface area contributed by atoms with Gasteiger partial charge in [-0.15, -0.1) is 0 Å². The molecular formula is C14H15BrN2O2. The Balaban J connectivity index is 2.53. The fourth-order valence-electron chi connectivity index (χ4n) is 1.77. The molecule has 5 heteroatoms. The zero-order chi connectivity index (χ0) is 14.2. The lowest BCUT2D eigenvalue weighted by atomic mass is 10.1. The highest BCUT2D eigenvalue weighted by atomic mass is 79.9. The molecule has 0 radical (unpaired) electrons. The lowest BCUT2D eigenvalue weighted by Gasteiger charge is -2.21. The Morgan fingerprint density at radius 3 is 2.58 bits per heavy atom. The van der Waals surface area contributed by atoms with Crippen LogP contribution in [-0.4, -0.2) is 21.6 Å². The van der Waals surface area contributed by atoms with E-state index in [1.807, 2.05) is 6.07 Å². The van der Waals surface area contributed by atoms with Gasteiger partial charge in [-0.05, 0) is 61.0 Å². The minimum absolute atomic E-state index is 0.0822. The second-order valence-electron chi connectivity index (χ2n) is 5.40. The monoisotopic (exact) mass is 322 g/mol. The van der Waals surface area contributed by atoms with Crippen LogP contribution in [0.15, 0.2) is 28.7 Å². The average Bonchev–Trinajstić information content (AvgIpc) is 2.26. The molecule has 2 N–H and O–H groups in total. The molecule has 0 aliphatic rings. The summed E-state index contributed by atoms with van der Waals surface area (Å²) in [5.41, 5.74) is 0.929. The molecule has 0 atom stereocenters. The lowest BCUT2D eigenvalue weighted by molar-refractivity contribution is 0.0697. The molecule has 2 aromatic rings.